The lowest BCUT2D eigenvalue weighted by molar-refractivity contribution is -0.143. The van der Waals surface area contributed by atoms with E-state index in [0.29, 0.717) is 6.61 Å². The average molecular weight is 736 g/mol. The van der Waals surface area contributed by atoms with Crippen molar-refractivity contribution >= 4 is 47.3 Å². The maximum absolute atomic E-state index is 12.3. The third kappa shape index (κ3) is 25.4. The Labute approximate surface area is 296 Å². The topological polar surface area (TPSA) is 294 Å². The van der Waals surface area contributed by atoms with Crippen LogP contribution in [0.3, 0.4) is 0 Å². The van der Waals surface area contributed by atoms with E-state index in [1.165, 1.54) is 7.05 Å². The van der Waals surface area contributed by atoms with Crippen molar-refractivity contribution in [3.05, 3.63) is 0 Å². The molecule has 0 aromatic carbocycles. The number of ketones is 1. The van der Waals surface area contributed by atoms with Crippen molar-refractivity contribution < 1.29 is 72.6 Å². The molecule has 0 heterocycles. The molecule has 51 heavy (non-hydrogen) atoms. The van der Waals surface area contributed by atoms with Gasteiger partial charge < -0.3 is 60.9 Å². The molecule has 4 amide bonds. The molecular formula is C31H53N5O15. The maximum atomic E-state index is 12.3. The first-order chi connectivity index (χ1) is 24.2. The van der Waals surface area contributed by atoms with Crippen LogP contribution in [-0.4, -0.2) is 154 Å². The number of hydrogen-bond donors (Lipinski definition) is 8. The summed E-state index contributed by atoms with van der Waals surface area (Å²) in [4.78, 5) is 93.8. The molecule has 0 unspecified atom stereocenters. The van der Waals surface area contributed by atoms with Crippen LogP contribution in [0.15, 0.2) is 0 Å². The summed E-state index contributed by atoms with van der Waals surface area (Å²) in [5, 5.41) is 39.9. The maximum Gasteiger partial charge on any atom is 0.326 e. The predicted octanol–water partition coefficient (Wildman–Crippen LogP) is -2.34. The highest BCUT2D eigenvalue weighted by Gasteiger charge is 2.25. The summed E-state index contributed by atoms with van der Waals surface area (Å²) < 4.78 is 21.0. The Morgan fingerprint density at radius 2 is 0.902 bits per heavy atom. The number of likely N-dealkylation sites (N-methyl/N-ethyl adjacent to an activating group) is 1. The standard InChI is InChI=1S/C31H53N5O15/c1-20(2)24(37)18-50-16-14-49-13-11-34-28(41)19-51-17-15-48-12-10-33-25(38)7-5-22(30(44)45)35-27(40)9-6-23(31(46)47)36-26(39)8-4-21(32-3)29(42)43/h20-23,32H,4-19H2,1-3H3,(H,33,38)(H,34,41)(H,35,40)(H,36,39)(H,42,43)(H,44,45)(H,46,47)/t21-,22-,23-/m0/s1. The molecule has 0 aliphatic rings. The van der Waals surface area contributed by atoms with Gasteiger partial charge in [-0.3, -0.25) is 28.8 Å². The lowest BCUT2D eigenvalue weighted by Gasteiger charge is -2.17. The minimum atomic E-state index is -1.47. The average Bonchev–Trinajstić information content (AvgIpc) is 3.06. The highest BCUT2D eigenvalue weighted by molar-refractivity contribution is 5.87. The highest BCUT2D eigenvalue weighted by Crippen LogP contribution is 2.04. The van der Waals surface area contributed by atoms with Gasteiger partial charge in [0.1, 0.15) is 31.3 Å². The highest BCUT2D eigenvalue weighted by atomic mass is 16.5. The smallest absolute Gasteiger partial charge is 0.326 e. The van der Waals surface area contributed by atoms with E-state index in [0.717, 1.165) is 0 Å². The van der Waals surface area contributed by atoms with Crippen LogP contribution in [0.1, 0.15) is 52.4 Å². The molecule has 0 aliphatic carbocycles. The number of rotatable bonds is 32. The zero-order valence-corrected chi connectivity index (χ0v) is 29.4. The number of amides is 4. The summed E-state index contributed by atoms with van der Waals surface area (Å²) in [6.45, 7) is 5.04. The Bertz CT molecular complexity index is 1120. The Morgan fingerprint density at radius 1 is 0.510 bits per heavy atom. The third-order valence-corrected chi connectivity index (χ3v) is 6.90. The van der Waals surface area contributed by atoms with Gasteiger partial charge in [-0.05, 0) is 26.3 Å². The van der Waals surface area contributed by atoms with E-state index in [2.05, 4.69) is 26.6 Å². The summed E-state index contributed by atoms with van der Waals surface area (Å²) >= 11 is 0. The van der Waals surface area contributed by atoms with E-state index in [1.807, 2.05) is 0 Å². The van der Waals surface area contributed by atoms with Crippen molar-refractivity contribution in [1.29, 1.82) is 0 Å². The van der Waals surface area contributed by atoms with Gasteiger partial charge in [0, 0.05) is 38.3 Å². The summed E-state index contributed by atoms with van der Waals surface area (Å²) in [5.74, 6) is -6.45. The first-order valence-corrected chi connectivity index (χ1v) is 16.5. The Kier molecular flexibility index (Phi) is 26.1. The van der Waals surface area contributed by atoms with Crippen LogP contribution in [0.5, 0.6) is 0 Å². The summed E-state index contributed by atoms with van der Waals surface area (Å²) in [7, 11) is 1.40. The van der Waals surface area contributed by atoms with Crippen LogP contribution in [0.25, 0.3) is 0 Å². The van der Waals surface area contributed by atoms with Crippen molar-refractivity contribution in [3.8, 4) is 0 Å². The first-order valence-electron chi connectivity index (χ1n) is 16.5. The number of Topliss-reactive ketones (excluding diaryl/α,β-unsaturated/α-hetero) is 1. The van der Waals surface area contributed by atoms with Crippen LogP contribution in [0.4, 0.5) is 0 Å². The molecular weight excluding hydrogens is 682 g/mol. The van der Waals surface area contributed by atoms with E-state index in [9.17, 15) is 48.6 Å². The summed E-state index contributed by atoms with van der Waals surface area (Å²) in [6, 6.07) is -3.90. The second-order valence-corrected chi connectivity index (χ2v) is 11.4. The van der Waals surface area contributed by atoms with Gasteiger partial charge in [0.15, 0.2) is 5.78 Å². The Morgan fingerprint density at radius 3 is 1.33 bits per heavy atom. The van der Waals surface area contributed by atoms with Crippen LogP contribution < -0.4 is 26.6 Å². The van der Waals surface area contributed by atoms with Crippen molar-refractivity contribution in [2.45, 2.75) is 70.5 Å². The SMILES string of the molecule is CN[C@@H](CCC(=O)N[C@@H](CCC(=O)N[C@@H](CCC(=O)NCCOCCOCC(=O)NCCOCCOCC(=O)C(C)C)C(=O)O)C(=O)O)C(=O)O. The van der Waals surface area contributed by atoms with Gasteiger partial charge in [-0.1, -0.05) is 13.8 Å². The molecule has 0 aliphatic heterocycles. The fraction of sp³-hybridized carbons (Fsp3) is 0.742. The van der Waals surface area contributed by atoms with Gasteiger partial charge in [0.05, 0.1) is 39.6 Å². The molecule has 20 nitrogen and oxygen atoms in total. The van der Waals surface area contributed by atoms with E-state index >= 15 is 0 Å². The molecule has 0 saturated carbocycles. The van der Waals surface area contributed by atoms with Gasteiger partial charge in [-0.15, -0.1) is 0 Å². The first kappa shape index (κ1) is 46.8. The Hall–Kier alpha value is -4.24. The summed E-state index contributed by atoms with van der Waals surface area (Å²) in [5.41, 5.74) is 0. The number of nitrogens with one attached hydrogen (secondary N) is 5. The van der Waals surface area contributed by atoms with Gasteiger partial charge in [-0.25, -0.2) is 9.59 Å². The molecule has 292 valence electrons. The van der Waals surface area contributed by atoms with Gasteiger partial charge >= 0.3 is 17.9 Å². The van der Waals surface area contributed by atoms with Crippen molar-refractivity contribution in [2.75, 3.05) is 73.0 Å². The Balaban J connectivity index is 4.09. The normalized spacial score (nSPS) is 12.7. The van der Waals surface area contributed by atoms with Gasteiger partial charge in [-0.2, -0.15) is 0 Å². The molecule has 8 N–H and O–H groups in total. The minimum absolute atomic E-state index is 0.0144. The number of ether oxygens (including phenoxy) is 4. The molecule has 3 atom stereocenters. The van der Waals surface area contributed by atoms with E-state index in [4.69, 9.17) is 24.1 Å². The molecule has 0 bridgehead atoms. The molecule has 0 fully saturated rings. The number of hydrogen-bond acceptors (Lipinski definition) is 13. The second kappa shape index (κ2) is 28.5. The van der Waals surface area contributed by atoms with Crippen molar-refractivity contribution in [1.82, 2.24) is 26.6 Å². The van der Waals surface area contributed by atoms with Gasteiger partial charge in [0.25, 0.3) is 0 Å². The fourth-order valence-electron chi connectivity index (χ4n) is 3.87. The third-order valence-electron chi connectivity index (χ3n) is 6.90. The number of aliphatic carboxylic acids is 3. The number of carboxylic acid groups (broad SMARTS) is 3. The van der Waals surface area contributed by atoms with E-state index in [1.54, 1.807) is 13.8 Å². The zero-order valence-electron chi connectivity index (χ0n) is 29.4. The molecule has 0 aromatic heterocycles. The minimum Gasteiger partial charge on any atom is -0.480 e. The number of carboxylic acids is 3. The van der Waals surface area contributed by atoms with Crippen LogP contribution >= 0.6 is 0 Å². The van der Waals surface area contributed by atoms with Crippen molar-refractivity contribution in [3.63, 3.8) is 0 Å². The second-order valence-electron chi connectivity index (χ2n) is 11.4. The monoisotopic (exact) mass is 735 g/mol. The quantitative estimate of drug-likeness (QED) is 0.0336. The van der Waals surface area contributed by atoms with Crippen LogP contribution in [0.2, 0.25) is 0 Å². The molecule has 20 heteroatoms. The van der Waals surface area contributed by atoms with Crippen molar-refractivity contribution in [2.24, 2.45) is 5.92 Å². The number of carbonyl (C=O) groups is 8. The van der Waals surface area contributed by atoms with Crippen LogP contribution in [0, 0.1) is 5.92 Å². The molecule has 0 spiro atoms. The molecule has 0 aromatic rings. The zero-order chi connectivity index (χ0) is 38.6. The largest absolute Gasteiger partial charge is 0.480 e. The summed E-state index contributed by atoms with van der Waals surface area (Å²) in [6.07, 6.45) is -1.67. The van der Waals surface area contributed by atoms with Crippen LogP contribution in [-0.2, 0) is 57.3 Å². The lowest BCUT2D eigenvalue weighted by atomic mass is 10.1. The van der Waals surface area contributed by atoms with E-state index < -0.39 is 60.2 Å². The van der Waals surface area contributed by atoms with E-state index in [-0.39, 0.29) is 109 Å². The predicted molar refractivity (Wildman–Crippen MR) is 176 cm³/mol. The molecule has 0 radical (unpaired) electrons. The molecule has 0 rings (SSSR count). The lowest BCUT2D eigenvalue weighted by Crippen LogP contribution is -2.44. The number of carbonyl (C=O) groups excluding carboxylic acids is 5. The van der Waals surface area contributed by atoms with Gasteiger partial charge in [0.2, 0.25) is 23.6 Å². The fourth-order valence-corrected chi connectivity index (χ4v) is 3.87. The molecule has 0 saturated heterocycles.